The fourth-order valence-electron chi connectivity index (χ4n) is 4.40. The highest BCUT2D eigenvalue weighted by Crippen LogP contribution is 2.34. The number of carbonyl (C=O) groups excluding carboxylic acids is 2. The van der Waals surface area contributed by atoms with E-state index in [1.165, 1.54) is 11.3 Å². The Morgan fingerprint density at radius 3 is 2.51 bits per heavy atom. The molecule has 1 saturated carbocycles. The number of ether oxygens (including phenoxy) is 2. The van der Waals surface area contributed by atoms with E-state index in [9.17, 15) is 9.59 Å². The number of nitrogens with one attached hydrogen (secondary N) is 1. The van der Waals surface area contributed by atoms with Crippen molar-refractivity contribution in [2.24, 2.45) is 0 Å². The molecule has 0 radical (unpaired) electrons. The SMILES string of the molecule is CCCOc1ccc([C@H](C(=O)NC2CCCCC2)N(Cc2ccccc2Cl)C(=O)CCl)cc1OC. The Kier molecular flexibility index (Phi) is 10.5. The van der Waals surface area contributed by atoms with E-state index in [2.05, 4.69) is 5.32 Å². The first-order chi connectivity index (χ1) is 17.0. The van der Waals surface area contributed by atoms with Gasteiger partial charge in [0.25, 0.3) is 0 Å². The van der Waals surface area contributed by atoms with Crippen molar-refractivity contribution < 1.29 is 19.1 Å². The third kappa shape index (κ3) is 7.28. The molecule has 0 saturated heterocycles. The van der Waals surface area contributed by atoms with E-state index in [-0.39, 0.29) is 30.3 Å². The first-order valence-corrected chi connectivity index (χ1v) is 13.1. The highest BCUT2D eigenvalue weighted by molar-refractivity contribution is 6.31. The number of hydrogen-bond donors (Lipinski definition) is 1. The van der Waals surface area contributed by atoms with Gasteiger partial charge in [0, 0.05) is 17.6 Å². The van der Waals surface area contributed by atoms with Crippen LogP contribution in [-0.2, 0) is 16.1 Å². The van der Waals surface area contributed by atoms with E-state index in [1.807, 2.05) is 25.1 Å². The lowest BCUT2D eigenvalue weighted by Gasteiger charge is -2.33. The van der Waals surface area contributed by atoms with Gasteiger partial charge in [-0.05, 0) is 48.6 Å². The van der Waals surface area contributed by atoms with E-state index in [0.29, 0.717) is 28.7 Å². The maximum Gasteiger partial charge on any atom is 0.247 e. The second-order valence-corrected chi connectivity index (χ2v) is 9.43. The van der Waals surface area contributed by atoms with Crippen molar-refractivity contribution in [3.05, 3.63) is 58.6 Å². The summed E-state index contributed by atoms with van der Waals surface area (Å²) in [5, 5.41) is 3.70. The van der Waals surface area contributed by atoms with Crippen LogP contribution in [0.5, 0.6) is 11.5 Å². The molecule has 3 rings (SSSR count). The molecular weight excluding hydrogens is 487 g/mol. The van der Waals surface area contributed by atoms with Crippen molar-refractivity contribution >= 4 is 35.0 Å². The van der Waals surface area contributed by atoms with Crippen LogP contribution >= 0.6 is 23.2 Å². The predicted octanol–water partition coefficient (Wildman–Crippen LogP) is 5.90. The molecule has 1 atom stereocenters. The number of rotatable bonds is 11. The topological polar surface area (TPSA) is 67.9 Å². The summed E-state index contributed by atoms with van der Waals surface area (Å²) >= 11 is 12.4. The van der Waals surface area contributed by atoms with Gasteiger partial charge in [0.2, 0.25) is 11.8 Å². The third-order valence-electron chi connectivity index (χ3n) is 6.21. The van der Waals surface area contributed by atoms with E-state index in [1.54, 1.807) is 31.4 Å². The van der Waals surface area contributed by atoms with Gasteiger partial charge in [-0.15, -0.1) is 11.6 Å². The Morgan fingerprint density at radius 1 is 1.11 bits per heavy atom. The van der Waals surface area contributed by atoms with E-state index in [0.717, 1.165) is 37.7 Å². The molecule has 2 aromatic rings. The highest BCUT2D eigenvalue weighted by Gasteiger charge is 2.33. The number of carbonyl (C=O) groups is 2. The summed E-state index contributed by atoms with van der Waals surface area (Å²) in [7, 11) is 1.56. The third-order valence-corrected chi connectivity index (χ3v) is 6.81. The van der Waals surface area contributed by atoms with Crippen molar-refractivity contribution in [1.82, 2.24) is 10.2 Å². The van der Waals surface area contributed by atoms with Crippen molar-refractivity contribution in [3.63, 3.8) is 0 Å². The van der Waals surface area contributed by atoms with Crippen LogP contribution in [-0.4, -0.2) is 42.4 Å². The van der Waals surface area contributed by atoms with Gasteiger partial charge in [0.1, 0.15) is 11.9 Å². The molecule has 0 aromatic heterocycles. The van der Waals surface area contributed by atoms with Gasteiger partial charge in [0.05, 0.1) is 13.7 Å². The molecule has 0 unspecified atom stereocenters. The normalized spacial score (nSPS) is 14.7. The summed E-state index contributed by atoms with van der Waals surface area (Å²) in [6.07, 6.45) is 6.05. The first-order valence-electron chi connectivity index (χ1n) is 12.2. The molecule has 0 spiro atoms. The Hall–Kier alpha value is -2.44. The fraction of sp³-hybridized carbons (Fsp3) is 0.481. The van der Waals surface area contributed by atoms with Crippen LogP contribution in [0.1, 0.15) is 62.6 Å². The molecule has 1 aliphatic carbocycles. The molecule has 190 valence electrons. The van der Waals surface area contributed by atoms with Gasteiger partial charge >= 0.3 is 0 Å². The quantitative estimate of drug-likeness (QED) is 0.374. The van der Waals surface area contributed by atoms with Crippen molar-refractivity contribution in [2.45, 2.75) is 64.1 Å². The number of halogens is 2. The van der Waals surface area contributed by atoms with E-state index >= 15 is 0 Å². The van der Waals surface area contributed by atoms with Crippen LogP contribution in [0.2, 0.25) is 5.02 Å². The van der Waals surface area contributed by atoms with Crippen LogP contribution in [0.4, 0.5) is 0 Å². The summed E-state index contributed by atoms with van der Waals surface area (Å²) in [6.45, 7) is 2.71. The molecule has 8 heteroatoms. The molecule has 1 fully saturated rings. The Balaban J connectivity index is 2.02. The number of hydrogen-bond acceptors (Lipinski definition) is 4. The Morgan fingerprint density at radius 2 is 1.86 bits per heavy atom. The molecule has 2 aromatic carbocycles. The molecular formula is C27H34Cl2N2O4. The summed E-state index contributed by atoms with van der Waals surface area (Å²) in [5.74, 6) is 0.229. The second-order valence-electron chi connectivity index (χ2n) is 8.75. The fourth-order valence-corrected chi connectivity index (χ4v) is 4.74. The molecule has 6 nitrogen and oxygen atoms in total. The van der Waals surface area contributed by atoms with Crippen molar-refractivity contribution in [2.75, 3.05) is 19.6 Å². The Labute approximate surface area is 217 Å². The van der Waals surface area contributed by atoms with Gasteiger partial charge in [-0.3, -0.25) is 9.59 Å². The second kappa shape index (κ2) is 13.6. The van der Waals surface area contributed by atoms with Crippen LogP contribution in [0.3, 0.4) is 0 Å². The maximum atomic E-state index is 13.8. The zero-order chi connectivity index (χ0) is 25.2. The summed E-state index contributed by atoms with van der Waals surface area (Å²) < 4.78 is 11.3. The zero-order valence-corrected chi connectivity index (χ0v) is 21.9. The van der Waals surface area contributed by atoms with Crippen molar-refractivity contribution in [1.29, 1.82) is 0 Å². The molecule has 2 amide bonds. The Bertz CT molecular complexity index is 995. The maximum absolute atomic E-state index is 13.8. The number of benzene rings is 2. The molecule has 0 aliphatic heterocycles. The van der Waals surface area contributed by atoms with Gasteiger partial charge < -0.3 is 19.7 Å². The highest BCUT2D eigenvalue weighted by atomic mass is 35.5. The number of methoxy groups -OCH3 is 1. The lowest BCUT2D eigenvalue weighted by Crippen LogP contribution is -2.47. The molecule has 35 heavy (non-hydrogen) atoms. The molecule has 1 aliphatic rings. The van der Waals surface area contributed by atoms with Crippen LogP contribution in [0.15, 0.2) is 42.5 Å². The largest absolute Gasteiger partial charge is 0.493 e. The smallest absolute Gasteiger partial charge is 0.247 e. The van der Waals surface area contributed by atoms with Crippen LogP contribution < -0.4 is 14.8 Å². The minimum Gasteiger partial charge on any atom is -0.493 e. The standard InChI is InChI=1S/C27H34Cl2N2O4/c1-3-15-35-23-14-13-19(16-24(23)34-2)26(27(33)30-21-10-5-4-6-11-21)31(25(32)17-28)18-20-9-7-8-12-22(20)29/h7-9,12-14,16,21,26H,3-6,10-11,15,17-18H2,1-2H3,(H,30,33)/t26-/m1/s1. The monoisotopic (exact) mass is 520 g/mol. The number of nitrogens with zero attached hydrogens (tertiary/aromatic N) is 1. The zero-order valence-electron chi connectivity index (χ0n) is 20.4. The predicted molar refractivity (Wildman–Crippen MR) is 139 cm³/mol. The van der Waals surface area contributed by atoms with Gasteiger partial charge in [0.15, 0.2) is 11.5 Å². The molecule has 0 bridgehead atoms. The van der Waals surface area contributed by atoms with E-state index in [4.69, 9.17) is 32.7 Å². The van der Waals surface area contributed by atoms with Crippen LogP contribution in [0, 0.1) is 0 Å². The van der Waals surface area contributed by atoms with Gasteiger partial charge in [-0.1, -0.05) is 62.1 Å². The van der Waals surface area contributed by atoms with Crippen LogP contribution in [0.25, 0.3) is 0 Å². The van der Waals surface area contributed by atoms with Gasteiger partial charge in [-0.25, -0.2) is 0 Å². The summed E-state index contributed by atoms with van der Waals surface area (Å²) in [5.41, 5.74) is 1.35. The van der Waals surface area contributed by atoms with E-state index < -0.39 is 6.04 Å². The van der Waals surface area contributed by atoms with Gasteiger partial charge in [-0.2, -0.15) is 0 Å². The number of alkyl halides is 1. The average molecular weight is 521 g/mol. The minimum atomic E-state index is -0.909. The first kappa shape index (κ1) is 27.2. The lowest BCUT2D eigenvalue weighted by molar-refractivity contribution is -0.140. The summed E-state index contributed by atoms with van der Waals surface area (Å²) in [6, 6.07) is 11.8. The minimum absolute atomic E-state index is 0.0843. The average Bonchev–Trinajstić information content (AvgIpc) is 2.88. The lowest BCUT2D eigenvalue weighted by atomic mass is 9.94. The molecule has 1 N–H and O–H groups in total. The van der Waals surface area contributed by atoms with Crippen molar-refractivity contribution in [3.8, 4) is 11.5 Å². The number of amides is 2. The molecule has 0 heterocycles. The summed E-state index contributed by atoms with van der Waals surface area (Å²) in [4.78, 5) is 28.4.